The molecule has 2 aliphatic heterocycles. The number of benzene rings is 2. The van der Waals surface area contributed by atoms with Crippen molar-refractivity contribution in [1.29, 1.82) is 0 Å². The molecule has 2 aliphatic rings. The molecular weight excluding hydrogens is 458 g/mol. The summed E-state index contributed by atoms with van der Waals surface area (Å²) in [6, 6.07) is 13.7. The second-order valence-electron chi connectivity index (χ2n) is 9.67. The van der Waals surface area contributed by atoms with Crippen LogP contribution in [0, 0.1) is 11.8 Å². The number of fused-ring (bicyclic) bond motifs is 1. The average Bonchev–Trinajstić information content (AvgIpc) is 3.33. The monoisotopic (exact) mass is 491 g/mol. The van der Waals surface area contributed by atoms with Crippen molar-refractivity contribution in [3.63, 3.8) is 0 Å². The fourth-order valence-electron chi connectivity index (χ4n) is 5.56. The summed E-state index contributed by atoms with van der Waals surface area (Å²) in [5, 5.41) is 3.41. The number of Topliss-reactive ketones (excluding diaryl/α,β-unsaturated/α-hetero) is 1. The van der Waals surface area contributed by atoms with E-state index >= 15 is 0 Å². The van der Waals surface area contributed by atoms with Gasteiger partial charge < -0.3 is 9.64 Å². The van der Waals surface area contributed by atoms with Gasteiger partial charge in [-0.2, -0.15) is 0 Å². The van der Waals surface area contributed by atoms with Gasteiger partial charge in [-0.05, 0) is 50.1 Å². The Kier molecular flexibility index (Phi) is 7.00. The van der Waals surface area contributed by atoms with Gasteiger partial charge in [0.05, 0.1) is 24.1 Å². The zero-order chi connectivity index (χ0) is 26.2. The van der Waals surface area contributed by atoms with Gasteiger partial charge in [0.25, 0.3) is 0 Å². The van der Waals surface area contributed by atoms with Crippen molar-refractivity contribution in [1.82, 2.24) is 5.32 Å². The van der Waals surface area contributed by atoms with E-state index in [0.29, 0.717) is 24.1 Å². The Bertz CT molecular complexity index is 1190. The second kappa shape index (κ2) is 9.85. The van der Waals surface area contributed by atoms with E-state index in [1.54, 1.807) is 31.2 Å². The summed E-state index contributed by atoms with van der Waals surface area (Å²) >= 11 is 0. The van der Waals surface area contributed by atoms with Crippen LogP contribution < -0.4 is 15.1 Å². The van der Waals surface area contributed by atoms with E-state index in [0.717, 1.165) is 16.2 Å². The fourth-order valence-corrected chi connectivity index (χ4v) is 5.56. The highest BCUT2D eigenvalue weighted by molar-refractivity contribution is 6.24. The molecule has 0 spiro atoms. The Morgan fingerprint density at radius 2 is 1.75 bits per heavy atom. The maximum Gasteiger partial charge on any atom is 0.327 e. The lowest BCUT2D eigenvalue weighted by Gasteiger charge is -2.32. The highest BCUT2D eigenvalue weighted by atomic mass is 16.5. The zero-order valence-corrected chi connectivity index (χ0v) is 21.4. The molecule has 0 unspecified atom stereocenters. The van der Waals surface area contributed by atoms with Crippen LogP contribution in [0.5, 0.6) is 0 Å². The number of rotatable bonds is 8. The lowest BCUT2D eigenvalue weighted by atomic mass is 9.77. The van der Waals surface area contributed by atoms with E-state index in [9.17, 15) is 19.2 Å². The molecule has 1 N–H and O–H groups in total. The van der Waals surface area contributed by atoms with Crippen molar-refractivity contribution in [2.24, 2.45) is 11.8 Å². The van der Waals surface area contributed by atoms with Gasteiger partial charge in [0.2, 0.25) is 11.8 Å². The van der Waals surface area contributed by atoms with E-state index < -0.39 is 35.3 Å². The minimum atomic E-state index is -1.33. The van der Waals surface area contributed by atoms with Crippen molar-refractivity contribution in [2.75, 3.05) is 30.5 Å². The first-order valence-electron chi connectivity index (χ1n) is 12.4. The van der Waals surface area contributed by atoms with Gasteiger partial charge >= 0.3 is 5.97 Å². The minimum absolute atomic E-state index is 0.163. The third-order valence-corrected chi connectivity index (χ3v) is 7.22. The summed E-state index contributed by atoms with van der Waals surface area (Å²) in [5.74, 6) is -3.24. The molecule has 8 nitrogen and oxygen atoms in total. The standard InChI is InChI=1S/C28H33N3O5/c1-6-15-28(27(35)36-7-2)23-22(24(29-28)18-11-13-20(14-12-18)30(4)5)25(33)31(26(23)34)21-10-8-9-19(16-21)17(3)32/h8-14,16,22-24,29H,6-7,15H2,1-5H3/t22-,23-,24+,28-/m0/s1. The predicted octanol–water partition coefficient (Wildman–Crippen LogP) is 3.51. The van der Waals surface area contributed by atoms with Crippen LogP contribution >= 0.6 is 0 Å². The molecule has 0 aliphatic carbocycles. The SMILES string of the molecule is CCC[C@]1(C(=O)OCC)N[C@H](c2ccc(N(C)C)cc2)[C@H]2C(=O)N(c3cccc(C(C)=O)c3)C(=O)[C@H]21. The third kappa shape index (κ3) is 4.09. The minimum Gasteiger partial charge on any atom is -0.465 e. The van der Waals surface area contributed by atoms with Gasteiger partial charge in [-0.15, -0.1) is 0 Å². The van der Waals surface area contributed by atoms with Crippen molar-refractivity contribution in [3.05, 3.63) is 59.7 Å². The molecule has 2 amide bonds. The molecule has 0 aromatic heterocycles. The molecule has 0 saturated carbocycles. The number of imide groups is 1. The van der Waals surface area contributed by atoms with E-state index in [1.807, 2.05) is 50.2 Å². The smallest absolute Gasteiger partial charge is 0.327 e. The summed E-state index contributed by atoms with van der Waals surface area (Å²) in [7, 11) is 3.89. The van der Waals surface area contributed by atoms with E-state index in [2.05, 4.69) is 5.32 Å². The molecule has 8 heteroatoms. The van der Waals surface area contributed by atoms with Crippen LogP contribution in [0.4, 0.5) is 11.4 Å². The van der Waals surface area contributed by atoms with Gasteiger partial charge in [-0.3, -0.25) is 24.5 Å². The maximum absolute atomic E-state index is 14.0. The van der Waals surface area contributed by atoms with E-state index in [4.69, 9.17) is 4.74 Å². The van der Waals surface area contributed by atoms with Gasteiger partial charge in [0, 0.05) is 31.4 Å². The normalized spacial score (nSPS) is 25.1. The summed E-state index contributed by atoms with van der Waals surface area (Å²) in [6.45, 7) is 5.26. The largest absolute Gasteiger partial charge is 0.465 e. The van der Waals surface area contributed by atoms with Crippen LogP contribution in [0.3, 0.4) is 0 Å². The number of anilines is 2. The summed E-state index contributed by atoms with van der Waals surface area (Å²) in [4.78, 5) is 56.4. The van der Waals surface area contributed by atoms with Gasteiger partial charge in [0.15, 0.2) is 5.78 Å². The van der Waals surface area contributed by atoms with Crippen molar-refractivity contribution in [2.45, 2.75) is 45.2 Å². The quantitative estimate of drug-likeness (QED) is 0.343. The first-order chi connectivity index (χ1) is 17.2. The number of nitrogens with zero attached hydrogens (tertiary/aromatic N) is 2. The molecule has 2 saturated heterocycles. The number of ketones is 1. The predicted molar refractivity (Wildman–Crippen MR) is 137 cm³/mol. The van der Waals surface area contributed by atoms with Crippen molar-refractivity contribution < 1.29 is 23.9 Å². The number of carbonyl (C=O) groups is 4. The number of amides is 2. The first kappa shape index (κ1) is 25.6. The number of hydrogen-bond donors (Lipinski definition) is 1. The number of hydrogen-bond acceptors (Lipinski definition) is 7. The van der Waals surface area contributed by atoms with Crippen LogP contribution in [0.25, 0.3) is 0 Å². The van der Waals surface area contributed by atoms with Crippen molar-refractivity contribution >= 4 is 34.9 Å². The molecule has 2 fully saturated rings. The average molecular weight is 492 g/mol. The molecule has 2 aromatic carbocycles. The second-order valence-corrected chi connectivity index (χ2v) is 9.67. The number of ether oxygens (including phenoxy) is 1. The van der Waals surface area contributed by atoms with Crippen LogP contribution in [-0.4, -0.2) is 49.8 Å². The number of carbonyl (C=O) groups excluding carboxylic acids is 4. The molecule has 0 radical (unpaired) electrons. The lowest BCUT2D eigenvalue weighted by Crippen LogP contribution is -2.56. The highest BCUT2D eigenvalue weighted by Gasteiger charge is 2.68. The van der Waals surface area contributed by atoms with Crippen LogP contribution in [0.15, 0.2) is 48.5 Å². The summed E-state index contributed by atoms with van der Waals surface area (Å²) in [6.07, 6.45) is 0.961. The highest BCUT2D eigenvalue weighted by Crippen LogP contribution is 2.51. The Labute approximate surface area is 211 Å². The fraction of sp³-hybridized carbons (Fsp3) is 0.429. The molecule has 4 rings (SSSR count). The summed E-state index contributed by atoms with van der Waals surface area (Å²) in [5.41, 5.74) is 1.22. The molecule has 190 valence electrons. The molecule has 2 heterocycles. The molecule has 36 heavy (non-hydrogen) atoms. The number of nitrogens with one attached hydrogen (secondary N) is 1. The van der Waals surface area contributed by atoms with Gasteiger partial charge in [-0.1, -0.05) is 37.6 Å². The number of esters is 1. The zero-order valence-electron chi connectivity index (χ0n) is 21.4. The third-order valence-electron chi connectivity index (χ3n) is 7.22. The maximum atomic E-state index is 14.0. The Morgan fingerprint density at radius 3 is 2.33 bits per heavy atom. The Balaban J connectivity index is 1.84. The van der Waals surface area contributed by atoms with E-state index in [1.165, 1.54) is 6.92 Å². The Hall–Kier alpha value is -3.52. The van der Waals surface area contributed by atoms with Crippen LogP contribution in [0.2, 0.25) is 0 Å². The molecular formula is C28H33N3O5. The van der Waals surface area contributed by atoms with Crippen LogP contribution in [0.1, 0.15) is 55.6 Å². The first-order valence-corrected chi connectivity index (χ1v) is 12.4. The molecule has 4 atom stereocenters. The lowest BCUT2D eigenvalue weighted by molar-refractivity contribution is -0.155. The van der Waals surface area contributed by atoms with E-state index in [-0.39, 0.29) is 18.3 Å². The molecule has 0 bridgehead atoms. The van der Waals surface area contributed by atoms with Crippen molar-refractivity contribution in [3.8, 4) is 0 Å². The topological polar surface area (TPSA) is 96.0 Å². The van der Waals surface area contributed by atoms with Crippen LogP contribution in [-0.2, 0) is 19.1 Å². The summed E-state index contributed by atoms with van der Waals surface area (Å²) < 4.78 is 5.47. The van der Waals surface area contributed by atoms with Gasteiger partial charge in [0.1, 0.15) is 5.54 Å². The van der Waals surface area contributed by atoms with Gasteiger partial charge in [-0.25, -0.2) is 4.90 Å². The Morgan fingerprint density at radius 1 is 1.06 bits per heavy atom. The molecule has 2 aromatic rings.